The van der Waals surface area contributed by atoms with Crippen molar-refractivity contribution in [1.29, 1.82) is 0 Å². The maximum absolute atomic E-state index is 13.7. The van der Waals surface area contributed by atoms with Crippen molar-refractivity contribution in [2.75, 3.05) is 26.3 Å². The topological polar surface area (TPSA) is 59.0 Å². The maximum atomic E-state index is 13.7. The van der Waals surface area contributed by atoms with Gasteiger partial charge in [0.1, 0.15) is 12.2 Å². The van der Waals surface area contributed by atoms with E-state index in [-0.39, 0.29) is 32.8 Å². The Morgan fingerprint density at radius 1 is 1.19 bits per heavy atom. The average molecular weight is 377 g/mol. The van der Waals surface area contributed by atoms with Gasteiger partial charge in [0, 0.05) is 19.6 Å². The Balaban J connectivity index is 1.74. The predicted molar refractivity (Wildman–Crippen MR) is 93.9 cm³/mol. The van der Waals surface area contributed by atoms with Gasteiger partial charge in [-0.3, -0.25) is 0 Å². The molecule has 3 rings (SSSR count). The molecule has 0 aromatic heterocycles. The van der Waals surface area contributed by atoms with Crippen LogP contribution in [0.5, 0.6) is 0 Å². The average Bonchev–Trinajstić information content (AvgIpc) is 2.69. The number of ether oxygens (including phenoxy) is 2. The molecule has 27 heavy (non-hydrogen) atoms. The lowest BCUT2D eigenvalue weighted by atomic mass is 9.88. The second-order valence-electron chi connectivity index (χ2n) is 6.41. The fraction of sp³-hybridized carbons (Fsp3) is 0.350. The van der Waals surface area contributed by atoms with Gasteiger partial charge in [0.05, 0.1) is 13.2 Å². The number of hydrogen-bond acceptors (Lipinski definition) is 4. The number of nitrogens with zero attached hydrogens (tertiary/aromatic N) is 1. The number of amides is 1. The van der Waals surface area contributed by atoms with Crippen LogP contribution in [0.1, 0.15) is 17.5 Å². The number of aliphatic hydroxyl groups is 1. The number of carbonyl (C=O) groups excluding carboxylic acids is 1. The van der Waals surface area contributed by atoms with Crippen molar-refractivity contribution in [3.63, 3.8) is 0 Å². The van der Waals surface area contributed by atoms with Crippen LogP contribution in [0.4, 0.5) is 13.6 Å². The molecule has 5 nitrogen and oxygen atoms in total. The molecule has 1 aliphatic heterocycles. The van der Waals surface area contributed by atoms with E-state index in [9.17, 15) is 18.7 Å². The highest BCUT2D eigenvalue weighted by molar-refractivity contribution is 5.68. The van der Waals surface area contributed by atoms with Gasteiger partial charge in [-0.2, -0.15) is 0 Å². The van der Waals surface area contributed by atoms with Gasteiger partial charge < -0.3 is 19.5 Å². The monoisotopic (exact) mass is 377 g/mol. The van der Waals surface area contributed by atoms with Crippen LogP contribution in [0.2, 0.25) is 0 Å². The van der Waals surface area contributed by atoms with Gasteiger partial charge in [0.25, 0.3) is 0 Å². The van der Waals surface area contributed by atoms with Crippen LogP contribution in [0.3, 0.4) is 0 Å². The summed E-state index contributed by atoms with van der Waals surface area (Å²) in [4.78, 5) is 13.9. The lowest BCUT2D eigenvalue weighted by Crippen LogP contribution is -2.52. The molecule has 0 aliphatic carbocycles. The summed E-state index contributed by atoms with van der Waals surface area (Å²) in [6.45, 7) is 0.483. The number of halogens is 2. The molecular formula is C20H21F2NO4. The summed E-state index contributed by atoms with van der Waals surface area (Å²) in [7, 11) is 0. The second-order valence-corrected chi connectivity index (χ2v) is 6.41. The minimum Gasteiger partial charge on any atom is -0.445 e. The molecule has 7 heteroatoms. The van der Waals surface area contributed by atoms with Gasteiger partial charge in [-0.25, -0.2) is 13.6 Å². The summed E-state index contributed by atoms with van der Waals surface area (Å²) >= 11 is 0. The Bertz CT molecular complexity index is 783. The first kappa shape index (κ1) is 19.3. The van der Waals surface area contributed by atoms with E-state index in [0.29, 0.717) is 12.1 Å². The van der Waals surface area contributed by atoms with Gasteiger partial charge in [0.15, 0.2) is 11.6 Å². The molecule has 1 N–H and O–H groups in total. The van der Waals surface area contributed by atoms with E-state index in [2.05, 4.69) is 0 Å². The number of rotatable bonds is 5. The molecule has 1 amide bonds. The van der Waals surface area contributed by atoms with Crippen LogP contribution in [0.15, 0.2) is 48.5 Å². The van der Waals surface area contributed by atoms with E-state index in [0.717, 1.165) is 17.7 Å². The third kappa shape index (κ3) is 4.43. The molecule has 1 saturated heterocycles. The molecule has 1 heterocycles. The molecule has 0 saturated carbocycles. The van der Waals surface area contributed by atoms with Crippen molar-refractivity contribution in [1.82, 2.24) is 4.90 Å². The van der Waals surface area contributed by atoms with Gasteiger partial charge >= 0.3 is 6.09 Å². The molecule has 144 valence electrons. The zero-order chi connectivity index (χ0) is 19.3. The Hall–Kier alpha value is -2.51. The molecule has 0 spiro atoms. The molecular weight excluding hydrogens is 356 g/mol. The van der Waals surface area contributed by atoms with Gasteiger partial charge in [-0.05, 0) is 23.3 Å². The minimum absolute atomic E-state index is 0.0757. The second kappa shape index (κ2) is 8.45. The smallest absolute Gasteiger partial charge is 0.410 e. The van der Waals surface area contributed by atoms with E-state index in [1.807, 2.05) is 30.3 Å². The highest BCUT2D eigenvalue weighted by Crippen LogP contribution is 2.34. The first-order valence-corrected chi connectivity index (χ1v) is 8.70. The predicted octanol–water partition coefficient (Wildman–Crippen LogP) is 3.21. The largest absolute Gasteiger partial charge is 0.445 e. The Morgan fingerprint density at radius 3 is 2.67 bits per heavy atom. The van der Waals surface area contributed by atoms with Crippen LogP contribution < -0.4 is 0 Å². The molecule has 2 aromatic rings. The highest BCUT2D eigenvalue weighted by Gasteiger charge is 2.40. The zero-order valence-electron chi connectivity index (χ0n) is 14.7. The number of hydrogen-bond donors (Lipinski definition) is 1. The van der Waals surface area contributed by atoms with Crippen molar-refractivity contribution in [2.45, 2.75) is 18.6 Å². The number of aliphatic hydroxyl groups excluding tert-OH is 1. The van der Waals surface area contributed by atoms with Crippen LogP contribution in [-0.4, -0.2) is 42.4 Å². The quantitative estimate of drug-likeness (QED) is 0.869. The van der Waals surface area contributed by atoms with E-state index in [1.165, 1.54) is 11.0 Å². The summed E-state index contributed by atoms with van der Waals surface area (Å²) < 4.78 is 38.2. The van der Waals surface area contributed by atoms with Gasteiger partial charge in [0.2, 0.25) is 0 Å². The van der Waals surface area contributed by atoms with Crippen LogP contribution in [0, 0.1) is 11.6 Å². The van der Waals surface area contributed by atoms with Crippen molar-refractivity contribution < 1.29 is 28.2 Å². The number of benzene rings is 2. The van der Waals surface area contributed by atoms with Gasteiger partial charge in [-0.1, -0.05) is 36.4 Å². The minimum atomic E-state index is -1.12. The molecule has 0 radical (unpaired) electrons. The van der Waals surface area contributed by atoms with Crippen LogP contribution in [0.25, 0.3) is 0 Å². The summed E-state index contributed by atoms with van der Waals surface area (Å²) in [5, 5.41) is 9.46. The third-order valence-electron chi connectivity index (χ3n) is 4.61. The lowest BCUT2D eigenvalue weighted by molar-refractivity contribution is -0.119. The lowest BCUT2D eigenvalue weighted by Gasteiger charge is -2.42. The van der Waals surface area contributed by atoms with Crippen LogP contribution >= 0.6 is 0 Å². The normalized spacial score (nSPS) is 19.7. The van der Waals surface area contributed by atoms with Crippen molar-refractivity contribution in [2.24, 2.45) is 0 Å². The summed E-state index contributed by atoms with van der Waals surface area (Å²) in [6.07, 6.45) is -0.382. The van der Waals surface area contributed by atoms with E-state index < -0.39 is 23.3 Å². The first-order chi connectivity index (χ1) is 13.0. The van der Waals surface area contributed by atoms with E-state index >= 15 is 0 Å². The van der Waals surface area contributed by atoms with Gasteiger partial charge in [-0.15, -0.1) is 0 Å². The summed E-state index contributed by atoms with van der Waals surface area (Å²) in [6, 6.07) is 12.8. The van der Waals surface area contributed by atoms with Crippen molar-refractivity contribution in [3.8, 4) is 0 Å². The van der Waals surface area contributed by atoms with E-state index in [4.69, 9.17) is 9.47 Å². The van der Waals surface area contributed by atoms with Crippen LogP contribution in [-0.2, 0) is 21.7 Å². The summed E-state index contributed by atoms with van der Waals surface area (Å²) in [5.41, 5.74) is 0.116. The highest BCUT2D eigenvalue weighted by atomic mass is 19.2. The number of carbonyl (C=O) groups is 1. The number of morpholine rings is 1. The first-order valence-electron chi connectivity index (χ1n) is 8.70. The Kier molecular flexibility index (Phi) is 6.03. The van der Waals surface area contributed by atoms with E-state index in [1.54, 1.807) is 0 Å². The Labute approximate surface area is 156 Å². The molecule has 1 unspecified atom stereocenters. The summed E-state index contributed by atoms with van der Waals surface area (Å²) in [5.74, 6) is -1.97. The molecule has 1 atom stereocenters. The zero-order valence-corrected chi connectivity index (χ0v) is 14.7. The molecule has 2 aromatic carbocycles. The third-order valence-corrected chi connectivity index (χ3v) is 4.61. The maximum Gasteiger partial charge on any atom is 0.410 e. The molecule has 1 fully saturated rings. The molecule has 0 bridgehead atoms. The SMILES string of the molecule is O=C(OCc1ccccc1)N1CCOC(CCO)(c2ccc(F)c(F)c2)C1. The van der Waals surface area contributed by atoms with Crippen molar-refractivity contribution in [3.05, 3.63) is 71.3 Å². The van der Waals surface area contributed by atoms with Crippen molar-refractivity contribution >= 4 is 6.09 Å². The fourth-order valence-corrected chi connectivity index (χ4v) is 3.18. The Morgan fingerprint density at radius 2 is 1.96 bits per heavy atom. The fourth-order valence-electron chi connectivity index (χ4n) is 3.18. The molecule has 1 aliphatic rings. The standard InChI is InChI=1S/C20H21F2NO4/c21-17-7-6-16(12-18(17)22)20(8-10-24)14-23(9-11-27-20)19(25)26-13-15-4-2-1-3-5-15/h1-7,12,24H,8-11,13-14H2.